The number of nitrogens with one attached hydrogen (secondary N) is 1. The zero-order chi connectivity index (χ0) is 21.5. The second kappa shape index (κ2) is 8.51. The fourth-order valence-corrected chi connectivity index (χ4v) is 5.32. The van der Waals surface area contributed by atoms with Crippen molar-refractivity contribution in [1.29, 1.82) is 0 Å². The van der Waals surface area contributed by atoms with Crippen molar-refractivity contribution in [2.75, 3.05) is 18.1 Å². The molecule has 0 aromatic heterocycles. The SMILES string of the molecule is Fc1ccc(C2CC(C(=S)NN3CC4C=CCC4C3)=NN2c2ccc(Cl)cc2Cl)cc1. The summed E-state index contributed by atoms with van der Waals surface area (Å²) < 4.78 is 13.5. The highest BCUT2D eigenvalue weighted by molar-refractivity contribution is 7.82. The van der Waals surface area contributed by atoms with Crippen molar-refractivity contribution in [3.8, 4) is 0 Å². The van der Waals surface area contributed by atoms with Crippen LogP contribution in [0.25, 0.3) is 0 Å². The van der Waals surface area contributed by atoms with E-state index in [1.165, 1.54) is 12.1 Å². The van der Waals surface area contributed by atoms with Gasteiger partial charge in [-0.3, -0.25) is 5.01 Å². The summed E-state index contributed by atoms with van der Waals surface area (Å²) in [6, 6.07) is 11.7. The Bertz CT molecular complexity index is 1070. The normalized spacial score (nSPS) is 25.1. The monoisotopic (exact) mass is 474 g/mol. The number of anilines is 1. The Morgan fingerprint density at radius 3 is 2.68 bits per heavy atom. The molecule has 0 saturated carbocycles. The lowest BCUT2D eigenvalue weighted by Crippen LogP contribution is -2.43. The summed E-state index contributed by atoms with van der Waals surface area (Å²) in [6.45, 7) is 1.92. The Morgan fingerprint density at radius 2 is 1.94 bits per heavy atom. The molecule has 1 fully saturated rings. The molecule has 31 heavy (non-hydrogen) atoms. The summed E-state index contributed by atoms with van der Waals surface area (Å²) in [4.78, 5) is 0.614. The molecular weight excluding hydrogens is 454 g/mol. The molecule has 3 aliphatic rings. The number of nitrogens with zero attached hydrogens (tertiary/aromatic N) is 3. The van der Waals surface area contributed by atoms with Crippen molar-refractivity contribution in [2.24, 2.45) is 16.9 Å². The van der Waals surface area contributed by atoms with Crippen LogP contribution in [0.1, 0.15) is 24.4 Å². The van der Waals surface area contributed by atoms with Gasteiger partial charge >= 0.3 is 0 Å². The molecule has 1 N–H and O–H groups in total. The van der Waals surface area contributed by atoms with Crippen LogP contribution in [0.3, 0.4) is 0 Å². The van der Waals surface area contributed by atoms with E-state index in [9.17, 15) is 4.39 Å². The Kier molecular flexibility index (Phi) is 5.73. The number of thiocarbonyl (C=S) groups is 1. The highest BCUT2D eigenvalue weighted by Crippen LogP contribution is 2.40. The van der Waals surface area contributed by atoms with Gasteiger partial charge in [0.15, 0.2) is 0 Å². The molecule has 2 aliphatic heterocycles. The van der Waals surface area contributed by atoms with Crippen molar-refractivity contribution in [2.45, 2.75) is 18.9 Å². The average molecular weight is 475 g/mol. The van der Waals surface area contributed by atoms with Crippen LogP contribution in [0.15, 0.2) is 59.7 Å². The van der Waals surface area contributed by atoms with Crippen molar-refractivity contribution in [3.63, 3.8) is 0 Å². The van der Waals surface area contributed by atoms with Gasteiger partial charge in [-0.1, -0.05) is 59.7 Å². The number of halogens is 3. The highest BCUT2D eigenvalue weighted by atomic mass is 35.5. The van der Waals surface area contributed by atoms with E-state index in [1.807, 2.05) is 11.1 Å². The van der Waals surface area contributed by atoms with Gasteiger partial charge in [0.2, 0.25) is 0 Å². The number of fused-ring (bicyclic) bond motifs is 1. The molecule has 3 atom stereocenters. The van der Waals surface area contributed by atoms with Crippen LogP contribution in [-0.4, -0.2) is 28.8 Å². The van der Waals surface area contributed by atoms with E-state index in [0.29, 0.717) is 33.3 Å². The van der Waals surface area contributed by atoms with Crippen LogP contribution in [-0.2, 0) is 0 Å². The van der Waals surface area contributed by atoms with E-state index in [0.717, 1.165) is 36.5 Å². The maximum absolute atomic E-state index is 13.5. The maximum Gasteiger partial charge on any atom is 0.137 e. The van der Waals surface area contributed by atoms with Gasteiger partial charge in [-0.05, 0) is 54.2 Å². The number of allylic oxidation sites excluding steroid dienone is 1. The molecule has 8 heteroatoms. The van der Waals surface area contributed by atoms with Crippen molar-refractivity contribution >= 4 is 51.8 Å². The lowest BCUT2D eigenvalue weighted by Gasteiger charge is -2.25. The largest absolute Gasteiger partial charge is 0.308 e. The molecule has 0 bridgehead atoms. The predicted molar refractivity (Wildman–Crippen MR) is 128 cm³/mol. The molecule has 5 rings (SSSR count). The molecule has 2 aromatic rings. The predicted octanol–water partition coefficient (Wildman–Crippen LogP) is 5.78. The summed E-state index contributed by atoms with van der Waals surface area (Å²) in [7, 11) is 0. The summed E-state index contributed by atoms with van der Waals surface area (Å²) in [5.74, 6) is 0.985. The lowest BCUT2D eigenvalue weighted by atomic mass is 10.0. The molecule has 3 unspecified atom stereocenters. The third-order valence-corrected chi connectivity index (χ3v) is 7.02. The van der Waals surface area contributed by atoms with Crippen LogP contribution in [0.4, 0.5) is 10.1 Å². The number of hydrazone groups is 1. The number of hydrogen-bond donors (Lipinski definition) is 1. The fraction of sp³-hybridized carbons (Fsp3) is 0.304. The van der Waals surface area contributed by atoms with Crippen LogP contribution in [0.5, 0.6) is 0 Å². The van der Waals surface area contributed by atoms with Gasteiger partial charge < -0.3 is 5.43 Å². The minimum Gasteiger partial charge on any atom is -0.308 e. The third-order valence-electron chi connectivity index (χ3n) is 6.16. The topological polar surface area (TPSA) is 30.9 Å². The molecule has 2 aromatic carbocycles. The summed E-state index contributed by atoms with van der Waals surface area (Å²) in [5, 5.41) is 9.93. The molecule has 1 saturated heterocycles. The van der Waals surface area contributed by atoms with E-state index in [4.69, 9.17) is 40.5 Å². The zero-order valence-electron chi connectivity index (χ0n) is 16.6. The molecule has 0 spiro atoms. The molecule has 0 amide bonds. The quantitative estimate of drug-likeness (QED) is 0.449. The summed E-state index contributed by atoms with van der Waals surface area (Å²) in [6.07, 6.45) is 6.30. The first-order valence-corrected chi connectivity index (χ1v) is 11.4. The van der Waals surface area contributed by atoms with E-state index >= 15 is 0 Å². The number of hydrazine groups is 1. The molecule has 160 valence electrons. The van der Waals surface area contributed by atoms with Gasteiger partial charge in [0.25, 0.3) is 0 Å². The number of benzene rings is 2. The van der Waals surface area contributed by atoms with Crippen LogP contribution in [0, 0.1) is 17.7 Å². The second-order valence-electron chi connectivity index (χ2n) is 8.19. The van der Waals surface area contributed by atoms with Gasteiger partial charge in [-0.15, -0.1) is 0 Å². The maximum atomic E-state index is 13.5. The number of hydrogen-bond acceptors (Lipinski definition) is 4. The Labute approximate surface area is 196 Å². The van der Waals surface area contributed by atoms with Gasteiger partial charge in [0.1, 0.15) is 10.8 Å². The van der Waals surface area contributed by atoms with Crippen molar-refractivity contribution in [3.05, 3.63) is 76.0 Å². The number of rotatable bonds is 4. The molecule has 0 radical (unpaired) electrons. The van der Waals surface area contributed by atoms with Crippen molar-refractivity contribution in [1.82, 2.24) is 10.4 Å². The molecule has 2 heterocycles. The fourth-order valence-electron chi connectivity index (χ4n) is 4.57. The van der Waals surface area contributed by atoms with Crippen LogP contribution < -0.4 is 10.4 Å². The van der Waals surface area contributed by atoms with Gasteiger partial charge in [-0.25, -0.2) is 9.40 Å². The molecular formula is C23H21Cl2FN4S. The van der Waals surface area contributed by atoms with Crippen LogP contribution in [0.2, 0.25) is 10.0 Å². The zero-order valence-corrected chi connectivity index (χ0v) is 19.0. The summed E-state index contributed by atoms with van der Waals surface area (Å²) >= 11 is 18.3. The first-order chi connectivity index (χ1) is 15.0. The smallest absolute Gasteiger partial charge is 0.137 e. The molecule has 4 nitrogen and oxygen atoms in total. The second-order valence-corrected chi connectivity index (χ2v) is 9.44. The van der Waals surface area contributed by atoms with Crippen molar-refractivity contribution < 1.29 is 4.39 Å². The minimum atomic E-state index is -0.273. The Balaban J connectivity index is 1.40. The van der Waals surface area contributed by atoms with E-state index in [1.54, 1.807) is 24.3 Å². The van der Waals surface area contributed by atoms with Crippen LogP contribution >= 0.6 is 35.4 Å². The van der Waals surface area contributed by atoms with E-state index in [-0.39, 0.29) is 11.9 Å². The highest BCUT2D eigenvalue weighted by Gasteiger charge is 2.36. The van der Waals surface area contributed by atoms with E-state index in [2.05, 4.69) is 22.6 Å². The first-order valence-electron chi connectivity index (χ1n) is 10.3. The summed E-state index contributed by atoms with van der Waals surface area (Å²) in [5.41, 5.74) is 5.84. The minimum absolute atomic E-state index is 0.144. The Morgan fingerprint density at radius 1 is 1.13 bits per heavy atom. The van der Waals surface area contributed by atoms with Gasteiger partial charge in [0, 0.05) is 24.5 Å². The third kappa shape index (κ3) is 4.22. The lowest BCUT2D eigenvalue weighted by molar-refractivity contribution is 0.284. The first kappa shape index (κ1) is 20.9. The standard InChI is InChI=1S/C23H21Cl2FN4S/c24-17-6-9-21(19(25)10-17)30-22(14-4-7-18(26)8-5-14)11-20(27-30)23(31)28-29-12-15-2-1-3-16(15)13-29/h1-2,4-10,15-16,22H,3,11-13H2,(H,28,31). The van der Waals surface area contributed by atoms with E-state index < -0.39 is 0 Å². The average Bonchev–Trinajstić information content (AvgIpc) is 3.43. The van der Waals surface area contributed by atoms with Gasteiger partial charge in [-0.2, -0.15) is 5.10 Å². The van der Waals surface area contributed by atoms with Gasteiger partial charge in [0.05, 0.1) is 22.5 Å². The Hall–Kier alpha value is -1.99. The molecule has 1 aliphatic carbocycles.